The molecule has 1 aliphatic rings. The van der Waals surface area contributed by atoms with E-state index in [0.717, 1.165) is 37.1 Å². The molecule has 0 aliphatic carbocycles. The number of hydrogen-bond acceptors (Lipinski definition) is 3. The number of piperidine rings is 1. The summed E-state index contributed by atoms with van der Waals surface area (Å²) in [5.41, 5.74) is 1.56. The summed E-state index contributed by atoms with van der Waals surface area (Å²) in [5, 5.41) is 3.35. The lowest BCUT2D eigenvalue weighted by molar-refractivity contribution is -0.163. The van der Waals surface area contributed by atoms with Crippen LogP contribution in [0.1, 0.15) is 27.9 Å². The fourth-order valence-corrected chi connectivity index (χ4v) is 3.57. The molecule has 2 aromatic carbocycles. The maximum atomic E-state index is 12.7. The molecule has 0 amide bonds. The van der Waals surface area contributed by atoms with Crippen LogP contribution in [0.15, 0.2) is 60.7 Å². The molecular formula is C19H20INO2. The molecule has 0 aromatic heterocycles. The first kappa shape index (κ1) is 16.5. The summed E-state index contributed by atoms with van der Waals surface area (Å²) in [6.07, 6.45) is 1.61. The Morgan fingerprint density at radius 2 is 1.57 bits per heavy atom. The fraction of sp³-hybridized carbons (Fsp3) is 0.316. The molecule has 1 fully saturated rings. The second-order valence-corrected chi connectivity index (χ2v) is 7.05. The van der Waals surface area contributed by atoms with Gasteiger partial charge < -0.3 is 10.1 Å². The first-order valence-electron chi connectivity index (χ1n) is 7.89. The molecule has 23 heavy (non-hydrogen) atoms. The van der Waals surface area contributed by atoms with E-state index in [9.17, 15) is 4.79 Å². The predicted octanol–water partition coefficient (Wildman–Crippen LogP) is 3.98. The minimum Gasteiger partial charge on any atom is -0.453 e. The van der Waals surface area contributed by atoms with Gasteiger partial charge in [0.15, 0.2) is 0 Å². The van der Waals surface area contributed by atoms with Gasteiger partial charge in [-0.2, -0.15) is 0 Å². The number of carbonyl (C=O) groups excluding carboxylic acids is 1. The number of benzene rings is 2. The molecular weight excluding hydrogens is 401 g/mol. The minimum atomic E-state index is -0.512. The number of esters is 1. The van der Waals surface area contributed by atoms with E-state index >= 15 is 0 Å². The molecule has 0 saturated carbocycles. The number of alkyl halides is 1. The third kappa shape index (κ3) is 3.75. The lowest BCUT2D eigenvalue weighted by atomic mass is 9.84. The van der Waals surface area contributed by atoms with Gasteiger partial charge in [0, 0.05) is 12.8 Å². The maximum Gasteiger partial charge on any atom is 0.324 e. The van der Waals surface area contributed by atoms with E-state index < -0.39 is 5.60 Å². The molecule has 1 aliphatic heterocycles. The lowest BCUT2D eigenvalue weighted by Gasteiger charge is -2.38. The lowest BCUT2D eigenvalue weighted by Crippen LogP contribution is -2.43. The monoisotopic (exact) mass is 421 g/mol. The molecule has 1 unspecified atom stereocenters. The summed E-state index contributed by atoms with van der Waals surface area (Å²) in [6, 6.07) is 19.9. The Hall–Kier alpha value is -1.40. The Morgan fingerprint density at radius 1 is 1.00 bits per heavy atom. The van der Waals surface area contributed by atoms with Gasteiger partial charge in [0.1, 0.15) is 9.53 Å². The molecule has 1 N–H and O–H groups in total. The van der Waals surface area contributed by atoms with Crippen molar-refractivity contribution in [2.45, 2.75) is 22.4 Å². The molecule has 1 saturated heterocycles. The molecule has 0 spiro atoms. The van der Waals surface area contributed by atoms with Crippen LogP contribution in [0, 0.1) is 0 Å². The van der Waals surface area contributed by atoms with Crippen LogP contribution in [0.4, 0.5) is 0 Å². The molecule has 0 bridgehead atoms. The van der Waals surface area contributed by atoms with Crippen LogP contribution >= 0.6 is 22.6 Å². The third-order valence-electron chi connectivity index (χ3n) is 4.31. The summed E-state index contributed by atoms with van der Waals surface area (Å²) in [5.74, 6) is -0.164. The smallest absolute Gasteiger partial charge is 0.324 e. The Bertz CT molecular complexity index is 639. The van der Waals surface area contributed by atoms with E-state index in [0.29, 0.717) is 0 Å². The van der Waals surface area contributed by atoms with Gasteiger partial charge in [-0.3, -0.25) is 4.79 Å². The zero-order valence-corrected chi connectivity index (χ0v) is 15.0. The molecule has 0 radical (unpaired) electrons. The van der Waals surface area contributed by atoms with E-state index in [1.54, 1.807) is 0 Å². The highest BCUT2D eigenvalue weighted by atomic mass is 127. The number of ether oxygens (including phenoxy) is 1. The second kappa shape index (κ2) is 7.45. The van der Waals surface area contributed by atoms with Gasteiger partial charge in [-0.05, 0) is 24.2 Å². The highest BCUT2D eigenvalue weighted by Gasteiger charge is 2.39. The first-order valence-corrected chi connectivity index (χ1v) is 9.14. The van der Waals surface area contributed by atoms with Crippen molar-refractivity contribution in [2.24, 2.45) is 0 Å². The topological polar surface area (TPSA) is 38.3 Å². The molecule has 120 valence electrons. The van der Waals surface area contributed by atoms with Crippen molar-refractivity contribution in [3.05, 3.63) is 71.8 Å². The fourth-order valence-electron chi connectivity index (χ4n) is 3.02. The quantitative estimate of drug-likeness (QED) is 0.461. The van der Waals surface area contributed by atoms with Crippen LogP contribution in [0.2, 0.25) is 0 Å². The molecule has 3 nitrogen and oxygen atoms in total. The van der Waals surface area contributed by atoms with Gasteiger partial charge in [-0.25, -0.2) is 0 Å². The van der Waals surface area contributed by atoms with E-state index in [-0.39, 0.29) is 9.89 Å². The number of nitrogens with one attached hydrogen (secondary N) is 1. The van der Waals surface area contributed by atoms with Crippen LogP contribution < -0.4 is 5.32 Å². The molecule has 3 rings (SSSR count). The summed E-state index contributed by atoms with van der Waals surface area (Å²) in [4.78, 5) is 12.7. The first-order chi connectivity index (χ1) is 11.2. The number of halogens is 1. The normalized spacial score (nSPS) is 18.1. The molecule has 1 heterocycles. The SMILES string of the molecule is O=C(OC1(c2ccccc2)CCNCC1)C(I)c1ccccc1. The van der Waals surface area contributed by atoms with Gasteiger partial charge in [-0.1, -0.05) is 83.3 Å². The van der Waals surface area contributed by atoms with Crippen molar-refractivity contribution in [3.63, 3.8) is 0 Å². The molecule has 4 heteroatoms. The summed E-state index contributed by atoms with van der Waals surface area (Å²) >= 11 is 2.17. The highest BCUT2D eigenvalue weighted by Crippen LogP contribution is 2.37. The Morgan fingerprint density at radius 3 is 2.17 bits per heavy atom. The van der Waals surface area contributed by atoms with Gasteiger partial charge >= 0.3 is 5.97 Å². The van der Waals surface area contributed by atoms with Crippen LogP contribution in [0.25, 0.3) is 0 Å². The minimum absolute atomic E-state index is 0.164. The van der Waals surface area contributed by atoms with Crippen molar-refractivity contribution < 1.29 is 9.53 Å². The van der Waals surface area contributed by atoms with E-state index in [1.807, 2.05) is 48.5 Å². The highest BCUT2D eigenvalue weighted by molar-refractivity contribution is 14.1. The van der Waals surface area contributed by atoms with Gasteiger partial charge in [0.2, 0.25) is 0 Å². The van der Waals surface area contributed by atoms with Crippen molar-refractivity contribution in [2.75, 3.05) is 13.1 Å². The predicted molar refractivity (Wildman–Crippen MR) is 99.5 cm³/mol. The Balaban J connectivity index is 1.83. The summed E-state index contributed by atoms with van der Waals surface area (Å²) < 4.78 is 5.81. The van der Waals surface area contributed by atoms with E-state index in [1.165, 1.54) is 0 Å². The summed E-state index contributed by atoms with van der Waals surface area (Å²) in [6.45, 7) is 1.72. The Labute approximate surface area is 150 Å². The molecule has 1 atom stereocenters. The zero-order valence-electron chi connectivity index (χ0n) is 12.9. The van der Waals surface area contributed by atoms with Gasteiger partial charge in [0.05, 0.1) is 0 Å². The standard InChI is InChI=1S/C19H20INO2/c20-17(15-7-3-1-4-8-15)18(22)23-19(11-13-21-14-12-19)16-9-5-2-6-10-16/h1-10,17,21H,11-14H2. The summed E-state index contributed by atoms with van der Waals surface area (Å²) in [7, 11) is 0. The average molecular weight is 421 g/mol. The van der Waals surface area contributed by atoms with Crippen LogP contribution in [-0.4, -0.2) is 19.1 Å². The Kier molecular flexibility index (Phi) is 5.33. The van der Waals surface area contributed by atoms with Crippen LogP contribution in [0.5, 0.6) is 0 Å². The largest absolute Gasteiger partial charge is 0.453 e. The second-order valence-electron chi connectivity index (χ2n) is 5.80. The zero-order chi connectivity index (χ0) is 16.1. The number of carbonyl (C=O) groups is 1. The van der Waals surface area contributed by atoms with Crippen LogP contribution in [-0.2, 0) is 15.1 Å². The van der Waals surface area contributed by atoms with Crippen molar-refractivity contribution in [3.8, 4) is 0 Å². The van der Waals surface area contributed by atoms with Crippen molar-refractivity contribution >= 4 is 28.6 Å². The van der Waals surface area contributed by atoms with Crippen molar-refractivity contribution in [1.29, 1.82) is 0 Å². The van der Waals surface area contributed by atoms with E-state index in [2.05, 4.69) is 40.0 Å². The van der Waals surface area contributed by atoms with Crippen molar-refractivity contribution in [1.82, 2.24) is 5.32 Å². The number of rotatable bonds is 4. The van der Waals surface area contributed by atoms with E-state index in [4.69, 9.17) is 4.74 Å². The van der Waals surface area contributed by atoms with Crippen LogP contribution in [0.3, 0.4) is 0 Å². The molecule has 2 aromatic rings. The maximum absolute atomic E-state index is 12.7. The van der Waals surface area contributed by atoms with Gasteiger partial charge in [-0.15, -0.1) is 0 Å². The third-order valence-corrected chi connectivity index (χ3v) is 5.53. The van der Waals surface area contributed by atoms with Gasteiger partial charge in [0.25, 0.3) is 0 Å². The number of hydrogen-bond donors (Lipinski definition) is 1. The average Bonchev–Trinajstić information content (AvgIpc) is 2.63.